The van der Waals surface area contributed by atoms with Gasteiger partial charge in [0, 0.05) is 30.9 Å². The molecule has 222 valence electrons. The number of anilines is 3. The van der Waals surface area contributed by atoms with Gasteiger partial charge in [0.1, 0.15) is 5.75 Å². The molecule has 0 bridgehead atoms. The summed E-state index contributed by atoms with van der Waals surface area (Å²) in [5.41, 5.74) is 0.684. The minimum Gasteiger partial charge on any atom is -0.424 e. The van der Waals surface area contributed by atoms with Gasteiger partial charge in [0.05, 0.1) is 39.9 Å². The van der Waals surface area contributed by atoms with Crippen LogP contribution in [0.5, 0.6) is 11.8 Å². The molecule has 1 fully saturated rings. The summed E-state index contributed by atoms with van der Waals surface area (Å²) < 4.78 is 45.7. The quantitative estimate of drug-likeness (QED) is 0.197. The first kappa shape index (κ1) is 28.7. The number of thiazole rings is 1. The zero-order valence-electron chi connectivity index (χ0n) is 22.7. The lowest BCUT2D eigenvalue weighted by molar-refractivity contribution is -0.137. The molecule has 5 aromatic rings. The first-order chi connectivity index (χ1) is 21.2. The van der Waals surface area contributed by atoms with E-state index in [2.05, 4.69) is 30.6 Å². The Morgan fingerprint density at radius 1 is 0.886 bits per heavy atom. The molecule has 0 atom stereocenters. The van der Waals surface area contributed by atoms with Crippen LogP contribution in [-0.2, 0) is 11.0 Å². The summed E-state index contributed by atoms with van der Waals surface area (Å²) in [4.78, 5) is 43.8. The number of urea groups is 1. The van der Waals surface area contributed by atoms with Gasteiger partial charge in [0.15, 0.2) is 5.13 Å². The van der Waals surface area contributed by atoms with Crippen LogP contribution in [0.1, 0.15) is 18.4 Å². The number of nitrogens with zero attached hydrogens (tertiary/aromatic N) is 5. The van der Waals surface area contributed by atoms with Gasteiger partial charge in [-0.2, -0.15) is 13.2 Å². The fourth-order valence-electron chi connectivity index (χ4n) is 4.43. The number of benzene rings is 2. The third-order valence-electron chi connectivity index (χ3n) is 6.54. The van der Waals surface area contributed by atoms with Crippen molar-refractivity contribution in [3.8, 4) is 33.5 Å². The molecule has 3 amide bonds. The Morgan fingerprint density at radius 2 is 1.64 bits per heavy atom. The van der Waals surface area contributed by atoms with Gasteiger partial charge < -0.3 is 15.4 Å². The molecule has 3 aromatic heterocycles. The van der Waals surface area contributed by atoms with Crippen LogP contribution in [0.15, 0.2) is 85.5 Å². The highest BCUT2D eigenvalue weighted by atomic mass is 32.1. The zero-order chi connectivity index (χ0) is 30.7. The maximum absolute atomic E-state index is 13.3. The molecule has 6 rings (SSSR count). The number of ether oxygens (including phenoxy) is 1. The van der Waals surface area contributed by atoms with Gasteiger partial charge in [-0.25, -0.2) is 19.7 Å². The highest BCUT2D eigenvalue weighted by molar-refractivity contribution is 7.19. The van der Waals surface area contributed by atoms with Crippen molar-refractivity contribution in [1.29, 1.82) is 0 Å². The van der Waals surface area contributed by atoms with Gasteiger partial charge in [0.2, 0.25) is 5.91 Å². The van der Waals surface area contributed by atoms with E-state index in [1.165, 1.54) is 23.7 Å². The average Bonchev–Trinajstić information content (AvgIpc) is 3.67. The zero-order valence-corrected chi connectivity index (χ0v) is 23.5. The molecule has 1 aliphatic heterocycles. The normalized spacial score (nSPS) is 13.2. The smallest absolute Gasteiger partial charge is 0.417 e. The molecule has 4 heterocycles. The highest BCUT2D eigenvalue weighted by Gasteiger charge is 2.32. The molecule has 1 saturated heterocycles. The summed E-state index contributed by atoms with van der Waals surface area (Å²) in [5.74, 6) is 0.554. The lowest BCUT2D eigenvalue weighted by atomic mass is 10.1. The van der Waals surface area contributed by atoms with Gasteiger partial charge >= 0.3 is 18.2 Å². The second kappa shape index (κ2) is 12.1. The summed E-state index contributed by atoms with van der Waals surface area (Å²) in [6.45, 7) is 0.681. The van der Waals surface area contributed by atoms with Gasteiger partial charge in [-0.3, -0.25) is 14.7 Å². The van der Waals surface area contributed by atoms with Crippen LogP contribution >= 0.6 is 11.3 Å². The number of halogens is 3. The van der Waals surface area contributed by atoms with Crippen LogP contribution < -0.4 is 20.3 Å². The summed E-state index contributed by atoms with van der Waals surface area (Å²) in [5, 5.41) is 5.62. The SMILES string of the molecule is O=C(Nc1cnc(Oc2ccc(-c3cnc(N4CCCC4=O)s3)cc2)nc1)Nc1cc(C(F)(F)F)cnc1-c1ccccc1. The molecule has 0 aliphatic carbocycles. The second-order valence-corrected chi connectivity index (χ2v) is 10.6. The monoisotopic (exact) mass is 617 g/mol. The van der Waals surface area contributed by atoms with Crippen molar-refractivity contribution in [3.63, 3.8) is 0 Å². The summed E-state index contributed by atoms with van der Waals surface area (Å²) in [6.07, 6.45) is 1.80. The van der Waals surface area contributed by atoms with Crippen molar-refractivity contribution in [3.05, 3.63) is 91.0 Å². The molecule has 2 aromatic carbocycles. The molecule has 14 heteroatoms. The Kier molecular flexibility index (Phi) is 7.89. The van der Waals surface area contributed by atoms with Crippen molar-refractivity contribution >= 4 is 39.8 Å². The number of carbonyl (C=O) groups excluding carboxylic acids is 2. The number of rotatable bonds is 7. The van der Waals surface area contributed by atoms with Crippen molar-refractivity contribution in [1.82, 2.24) is 19.9 Å². The van der Waals surface area contributed by atoms with E-state index in [1.54, 1.807) is 53.6 Å². The predicted molar refractivity (Wildman–Crippen MR) is 159 cm³/mol. The Bertz CT molecular complexity index is 1800. The van der Waals surface area contributed by atoms with Crippen LogP contribution in [-0.4, -0.2) is 38.4 Å². The number of pyridine rings is 1. The predicted octanol–water partition coefficient (Wildman–Crippen LogP) is 7.24. The Hall–Kier alpha value is -5.37. The van der Waals surface area contributed by atoms with Crippen molar-refractivity contribution in [2.75, 3.05) is 22.1 Å². The summed E-state index contributed by atoms with van der Waals surface area (Å²) in [7, 11) is 0. The van der Waals surface area contributed by atoms with E-state index >= 15 is 0 Å². The molecule has 10 nitrogen and oxygen atoms in total. The molecule has 1 aliphatic rings. The van der Waals surface area contributed by atoms with E-state index in [1.807, 2.05) is 12.1 Å². The molecular weight excluding hydrogens is 595 g/mol. The largest absolute Gasteiger partial charge is 0.424 e. The first-order valence-corrected chi connectivity index (χ1v) is 14.1. The lowest BCUT2D eigenvalue weighted by Crippen LogP contribution is -2.23. The fourth-order valence-corrected chi connectivity index (χ4v) is 5.39. The van der Waals surface area contributed by atoms with Crippen LogP contribution in [0.2, 0.25) is 0 Å². The molecular formula is C30H22F3N7O3S. The molecule has 0 spiro atoms. The second-order valence-electron chi connectivity index (χ2n) is 9.60. The maximum atomic E-state index is 13.3. The number of aromatic nitrogens is 4. The van der Waals surface area contributed by atoms with Crippen molar-refractivity contribution in [2.24, 2.45) is 0 Å². The van der Waals surface area contributed by atoms with Crippen LogP contribution in [0.25, 0.3) is 21.7 Å². The standard InChI is InChI=1S/C30H22F3N7O3S/c31-30(32,33)20-13-23(26(34-14-20)19-5-2-1-3-6-19)39-27(42)38-21-15-35-28(36-16-21)43-22-10-8-18(9-11-22)24-17-37-29(44-24)40-12-4-7-25(40)41/h1-3,5-6,8-11,13-17H,4,7,12H2,(H2,38,39,42). The minimum atomic E-state index is -4.64. The van der Waals surface area contributed by atoms with Crippen molar-refractivity contribution in [2.45, 2.75) is 19.0 Å². The van der Waals surface area contributed by atoms with E-state index in [9.17, 15) is 22.8 Å². The Labute approximate surface area is 252 Å². The summed E-state index contributed by atoms with van der Waals surface area (Å²) in [6, 6.07) is 15.8. The van der Waals surface area contributed by atoms with E-state index in [-0.39, 0.29) is 29.0 Å². The van der Waals surface area contributed by atoms with Crippen molar-refractivity contribution < 1.29 is 27.5 Å². The fraction of sp³-hybridized carbons (Fsp3) is 0.133. The van der Waals surface area contributed by atoms with Crippen LogP contribution in [0.4, 0.5) is 34.5 Å². The van der Waals surface area contributed by atoms with E-state index < -0.39 is 17.8 Å². The molecule has 44 heavy (non-hydrogen) atoms. The number of hydrogen-bond acceptors (Lipinski definition) is 8. The van der Waals surface area contributed by atoms with Crippen LogP contribution in [0.3, 0.4) is 0 Å². The molecule has 0 unspecified atom stereocenters. The molecule has 0 radical (unpaired) electrons. The first-order valence-electron chi connectivity index (χ1n) is 13.3. The third-order valence-corrected chi connectivity index (χ3v) is 7.61. The van der Waals surface area contributed by atoms with Gasteiger partial charge in [-0.05, 0) is 42.3 Å². The highest BCUT2D eigenvalue weighted by Crippen LogP contribution is 2.35. The number of nitrogens with one attached hydrogen (secondary N) is 2. The Morgan fingerprint density at radius 3 is 2.32 bits per heavy atom. The molecule has 0 saturated carbocycles. The minimum absolute atomic E-state index is 0.0183. The molecule has 2 N–H and O–H groups in total. The summed E-state index contributed by atoms with van der Waals surface area (Å²) >= 11 is 1.44. The number of hydrogen-bond donors (Lipinski definition) is 2. The number of alkyl halides is 3. The maximum Gasteiger partial charge on any atom is 0.417 e. The lowest BCUT2D eigenvalue weighted by Gasteiger charge is -2.14. The number of amides is 3. The van der Waals surface area contributed by atoms with Gasteiger partial charge in [-0.15, -0.1) is 0 Å². The van der Waals surface area contributed by atoms with E-state index in [0.717, 1.165) is 29.1 Å². The van der Waals surface area contributed by atoms with E-state index in [0.29, 0.717) is 29.4 Å². The average molecular weight is 618 g/mol. The Balaban J connectivity index is 1.09. The third kappa shape index (κ3) is 6.49. The topological polar surface area (TPSA) is 122 Å². The van der Waals surface area contributed by atoms with Crippen LogP contribution in [0, 0.1) is 0 Å². The number of carbonyl (C=O) groups is 2. The van der Waals surface area contributed by atoms with Gasteiger partial charge in [-0.1, -0.05) is 41.7 Å². The van der Waals surface area contributed by atoms with Gasteiger partial charge in [0.25, 0.3) is 0 Å². The van der Waals surface area contributed by atoms with E-state index in [4.69, 9.17) is 4.74 Å².